The molecule has 0 aromatic heterocycles. The Morgan fingerprint density at radius 1 is 1.10 bits per heavy atom. The lowest BCUT2D eigenvalue weighted by molar-refractivity contribution is -0.122. The molecule has 21 heavy (non-hydrogen) atoms. The number of piperidine rings is 1. The summed E-state index contributed by atoms with van der Waals surface area (Å²) in [5, 5.41) is 9.16. The summed E-state index contributed by atoms with van der Waals surface area (Å²) in [5.74, 6) is 0.109. The van der Waals surface area contributed by atoms with Crippen LogP contribution in [-0.4, -0.2) is 38.0 Å². The molecule has 6 heteroatoms. The summed E-state index contributed by atoms with van der Waals surface area (Å²) >= 11 is 0. The maximum absolute atomic E-state index is 11.8. The highest BCUT2D eigenvalue weighted by Gasteiger charge is 2.26. The van der Waals surface area contributed by atoms with Crippen LogP contribution in [0.15, 0.2) is 0 Å². The number of halogens is 1. The molecule has 5 nitrogen and oxygen atoms in total. The highest BCUT2D eigenvalue weighted by Crippen LogP contribution is 2.26. The van der Waals surface area contributed by atoms with Crippen LogP contribution in [0.2, 0.25) is 0 Å². The van der Waals surface area contributed by atoms with Crippen LogP contribution in [0.5, 0.6) is 0 Å². The normalized spacial score (nSPS) is 16.7. The molecule has 1 fully saturated rings. The maximum Gasteiger partial charge on any atom is 0.220 e. The van der Waals surface area contributed by atoms with Crippen molar-refractivity contribution in [3.05, 3.63) is 0 Å². The molecule has 1 rings (SSSR count). The van der Waals surface area contributed by atoms with Gasteiger partial charge in [-0.25, -0.2) is 0 Å². The first-order valence-electron chi connectivity index (χ1n) is 7.80. The Labute approximate surface area is 134 Å². The first-order chi connectivity index (χ1) is 9.56. The first kappa shape index (κ1) is 20.2. The quantitative estimate of drug-likeness (QED) is 0.636. The molecule has 0 saturated carbocycles. The lowest BCUT2D eigenvalue weighted by atomic mass is 9.81. The zero-order valence-corrected chi connectivity index (χ0v) is 14.1. The van der Waals surface area contributed by atoms with E-state index in [9.17, 15) is 9.59 Å². The van der Waals surface area contributed by atoms with E-state index in [-0.39, 0.29) is 29.6 Å². The fourth-order valence-corrected chi connectivity index (χ4v) is 2.37. The predicted octanol–water partition coefficient (Wildman–Crippen LogP) is 1.61. The summed E-state index contributed by atoms with van der Waals surface area (Å²) in [5.41, 5.74) is 0.222. The van der Waals surface area contributed by atoms with E-state index in [1.165, 1.54) is 0 Å². The van der Waals surface area contributed by atoms with Crippen LogP contribution in [0.4, 0.5) is 0 Å². The molecule has 0 aromatic rings. The van der Waals surface area contributed by atoms with Gasteiger partial charge in [0.05, 0.1) is 0 Å². The average molecular weight is 320 g/mol. The van der Waals surface area contributed by atoms with E-state index in [0.717, 1.165) is 45.4 Å². The molecule has 0 unspecified atom stereocenters. The molecule has 124 valence electrons. The molecule has 0 aromatic carbocycles. The zero-order valence-electron chi connectivity index (χ0n) is 13.3. The summed E-state index contributed by atoms with van der Waals surface area (Å²) in [6.45, 7) is 7.78. The van der Waals surface area contributed by atoms with Gasteiger partial charge in [-0.3, -0.25) is 9.59 Å². The first-order valence-corrected chi connectivity index (χ1v) is 7.80. The Kier molecular flexibility index (Phi) is 10.4. The molecule has 3 N–H and O–H groups in total. The number of carbonyl (C=O) groups excluding carboxylic acids is 2. The van der Waals surface area contributed by atoms with Crippen LogP contribution < -0.4 is 16.0 Å². The summed E-state index contributed by atoms with van der Waals surface area (Å²) in [4.78, 5) is 23.2. The van der Waals surface area contributed by atoms with Crippen molar-refractivity contribution in [3.63, 3.8) is 0 Å². The Balaban J connectivity index is 0.00000400. The molecule has 0 atom stereocenters. The summed E-state index contributed by atoms with van der Waals surface area (Å²) in [6.07, 6.45) is 4.65. The van der Waals surface area contributed by atoms with Crippen molar-refractivity contribution in [3.8, 4) is 0 Å². The van der Waals surface area contributed by atoms with Crippen molar-refractivity contribution >= 4 is 24.2 Å². The monoisotopic (exact) mass is 319 g/mol. The van der Waals surface area contributed by atoms with Crippen LogP contribution in [0.25, 0.3) is 0 Å². The van der Waals surface area contributed by atoms with Gasteiger partial charge in [0, 0.05) is 25.9 Å². The van der Waals surface area contributed by atoms with Gasteiger partial charge < -0.3 is 16.0 Å². The molecule has 1 heterocycles. The van der Waals surface area contributed by atoms with Gasteiger partial charge in [-0.1, -0.05) is 13.8 Å². The van der Waals surface area contributed by atoms with Crippen LogP contribution >= 0.6 is 12.4 Å². The van der Waals surface area contributed by atoms with Gasteiger partial charge in [0.15, 0.2) is 0 Å². The smallest absolute Gasteiger partial charge is 0.220 e. The van der Waals surface area contributed by atoms with Gasteiger partial charge in [-0.2, -0.15) is 0 Å². The number of carbonyl (C=O) groups is 2. The maximum atomic E-state index is 11.8. The molecule has 0 aliphatic carbocycles. The fraction of sp³-hybridized carbons (Fsp3) is 0.867. The van der Waals surface area contributed by atoms with Crippen molar-refractivity contribution in [2.75, 3.05) is 26.2 Å². The molecular weight excluding hydrogens is 290 g/mol. The minimum absolute atomic E-state index is 0. The van der Waals surface area contributed by atoms with Crippen LogP contribution in [0.3, 0.4) is 0 Å². The lowest BCUT2D eigenvalue weighted by Crippen LogP contribution is -2.42. The van der Waals surface area contributed by atoms with Gasteiger partial charge in [-0.15, -0.1) is 12.4 Å². The highest BCUT2D eigenvalue weighted by atomic mass is 35.5. The molecule has 1 aliphatic heterocycles. The standard InChI is InChI=1S/C15H29N3O2.ClH/c1-3-9-17-13(19)5-4-6-14(20)18-12-15(2)7-10-16-11-8-15;/h16H,3-12H2,1-2H3,(H,17,19)(H,18,20);1H. The van der Waals surface area contributed by atoms with Crippen molar-refractivity contribution in [2.24, 2.45) is 5.41 Å². The number of hydrogen-bond acceptors (Lipinski definition) is 3. The Morgan fingerprint density at radius 2 is 1.67 bits per heavy atom. The van der Waals surface area contributed by atoms with Gasteiger partial charge in [-0.05, 0) is 44.2 Å². The lowest BCUT2D eigenvalue weighted by Gasteiger charge is -2.34. The third-order valence-corrected chi connectivity index (χ3v) is 3.90. The van der Waals surface area contributed by atoms with Crippen LogP contribution in [0, 0.1) is 5.41 Å². The molecule has 0 spiro atoms. The average Bonchev–Trinajstić information content (AvgIpc) is 2.44. The third kappa shape index (κ3) is 8.94. The van der Waals surface area contributed by atoms with Crippen LogP contribution in [-0.2, 0) is 9.59 Å². The minimum Gasteiger partial charge on any atom is -0.356 e. The second-order valence-corrected chi connectivity index (χ2v) is 6.04. The van der Waals surface area contributed by atoms with Gasteiger partial charge in [0.1, 0.15) is 0 Å². The Bertz CT molecular complexity index is 318. The van der Waals surface area contributed by atoms with Crippen LogP contribution in [0.1, 0.15) is 52.4 Å². The third-order valence-electron chi connectivity index (χ3n) is 3.90. The molecule has 1 aliphatic rings. The van der Waals surface area contributed by atoms with E-state index >= 15 is 0 Å². The van der Waals surface area contributed by atoms with Crippen molar-refractivity contribution in [1.82, 2.24) is 16.0 Å². The topological polar surface area (TPSA) is 70.2 Å². The second kappa shape index (κ2) is 10.9. The van der Waals surface area contributed by atoms with E-state index < -0.39 is 0 Å². The van der Waals surface area contributed by atoms with Gasteiger partial charge >= 0.3 is 0 Å². The van der Waals surface area contributed by atoms with Crippen molar-refractivity contribution in [1.29, 1.82) is 0 Å². The van der Waals surface area contributed by atoms with E-state index in [0.29, 0.717) is 19.3 Å². The Morgan fingerprint density at radius 3 is 2.24 bits per heavy atom. The summed E-state index contributed by atoms with van der Waals surface area (Å²) in [6, 6.07) is 0. The number of hydrogen-bond donors (Lipinski definition) is 3. The fourth-order valence-electron chi connectivity index (χ4n) is 2.37. The summed E-state index contributed by atoms with van der Waals surface area (Å²) in [7, 11) is 0. The van der Waals surface area contributed by atoms with Crippen molar-refractivity contribution in [2.45, 2.75) is 52.4 Å². The molecule has 0 bridgehead atoms. The largest absolute Gasteiger partial charge is 0.356 e. The SMILES string of the molecule is CCCNC(=O)CCCC(=O)NCC1(C)CCNCC1.Cl. The summed E-state index contributed by atoms with van der Waals surface area (Å²) < 4.78 is 0. The zero-order chi connectivity index (χ0) is 14.8. The molecule has 1 saturated heterocycles. The second-order valence-electron chi connectivity index (χ2n) is 6.04. The van der Waals surface area contributed by atoms with Crippen molar-refractivity contribution < 1.29 is 9.59 Å². The van der Waals surface area contributed by atoms with E-state index in [2.05, 4.69) is 22.9 Å². The molecular formula is C15H30ClN3O2. The Hall–Kier alpha value is -0.810. The molecule has 0 radical (unpaired) electrons. The predicted molar refractivity (Wildman–Crippen MR) is 87.6 cm³/mol. The highest BCUT2D eigenvalue weighted by molar-refractivity contribution is 5.85. The van der Waals surface area contributed by atoms with Gasteiger partial charge in [0.25, 0.3) is 0 Å². The van der Waals surface area contributed by atoms with E-state index in [1.54, 1.807) is 0 Å². The molecule has 2 amide bonds. The van der Waals surface area contributed by atoms with E-state index in [1.807, 2.05) is 6.92 Å². The minimum atomic E-state index is 0. The van der Waals surface area contributed by atoms with E-state index in [4.69, 9.17) is 0 Å². The number of rotatable bonds is 8. The van der Waals surface area contributed by atoms with Gasteiger partial charge in [0.2, 0.25) is 11.8 Å². The number of amides is 2. The number of nitrogens with one attached hydrogen (secondary N) is 3.